The van der Waals surface area contributed by atoms with E-state index in [1.807, 2.05) is 0 Å². The molecule has 0 radical (unpaired) electrons. The largest absolute Gasteiger partial charge is 0.462 e. The van der Waals surface area contributed by atoms with E-state index in [0.29, 0.717) is 12.8 Å². The first-order valence-corrected chi connectivity index (χ1v) is 18.2. The number of hydrogen-bond acceptors (Lipinski definition) is 5. The summed E-state index contributed by atoms with van der Waals surface area (Å²) in [5, 5.41) is 9.52. The van der Waals surface area contributed by atoms with Crippen molar-refractivity contribution in [1.29, 1.82) is 0 Å². The molecule has 0 aromatic rings. The third-order valence-corrected chi connectivity index (χ3v) is 7.61. The molecular weight excluding hydrogens is 548 g/mol. The summed E-state index contributed by atoms with van der Waals surface area (Å²) in [6.07, 6.45) is 43.0. The second-order valence-electron chi connectivity index (χ2n) is 11.9. The van der Waals surface area contributed by atoms with Crippen molar-refractivity contribution in [2.24, 2.45) is 0 Å². The molecule has 254 valence electrons. The topological polar surface area (TPSA) is 72.8 Å². The summed E-state index contributed by atoms with van der Waals surface area (Å²) in [6.45, 7) is 3.98. The van der Waals surface area contributed by atoms with Crippen LogP contribution in [-0.4, -0.2) is 36.4 Å². The molecule has 0 amide bonds. The molecule has 0 unspecified atom stereocenters. The third kappa shape index (κ3) is 32.8. The molecule has 5 heteroatoms. The Morgan fingerprint density at radius 2 is 0.977 bits per heavy atom. The van der Waals surface area contributed by atoms with Crippen LogP contribution in [-0.2, 0) is 19.1 Å². The van der Waals surface area contributed by atoms with Gasteiger partial charge < -0.3 is 14.6 Å². The SMILES string of the molecule is CCC=CCC=CCC=CCCCCCCCC(=O)OC[C@H](CO)OC(=O)CCCCCCCC=CCCCCCCCC. The van der Waals surface area contributed by atoms with Crippen LogP contribution in [0.1, 0.15) is 168 Å². The van der Waals surface area contributed by atoms with Crippen molar-refractivity contribution < 1.29 is 24.2 Å². The summed E-state index contributed by atoms with van der Waals surface area (Å²) in [5.41, 5.74) is 0. The van der Waals surface area contributed by atoms with E-state index in [2.05, 4.69) is 62.5 Å². The standard InChI is InChI=1S/C39H68O5/c1-3-5-7-9-11-13-15-17-19-21-23-25-27-29-31-33-38(41)43-36-37(35-40)44-39(42)34-32-30-28-26-24-22-20-18-16-14-12-10-8-6-4-2/h5,7,11,13,17-20,37,40H,3-4,6,8-10,12,14-16,21-36H2,1-2H3/t37-/m0/s1. The minimum Gasteiger partial charge on any atom is -0.462 e. The predicted molar refractivity (Wildman–Crippen MR) is 187 cm³/mol. The quantitative estimate of drug-likeness (QED) is 0.0462. The number of unbranched alkanes of at least 4 members (excludes halogenated alkanes) is 16. The maximum absolute atomic E-state index is 12.1. The van der Waals surface area contributed by atoms with E-state index in [-0.39, 0.29) is 25.2 Å². The highest BCUT2D eigenvalue weighted by molar-refractivity contribution is 5.70. The van der Waals surface area contributed by atoms with E-state index in [0.717, 1.165) is 77.0 Å². The van der Waals surface area contributed by atoms with Crippen LogP contribution in [0.3, 0.4) is 0 Å². The number of rotatable bonds is 32. The van der Waals surface area contributed by atoms with E-state index in [1.165, 1.54) is 64.2 Å². The molecule has 0 aliphatic rings. The number of carbonyl (C=O) groups excluding carboxylic acids is 2. The number of aliphatic hydroxyl groups excluding tert-OH is 1. The second-order valence-corrected chi connectivity index (χ2v) is 11.9. The van der Waals surface area contributed by atoms with Gasteiger partial charge in [0, 0.05) is 12.8 Å². The van der Waals surface area contributed by atoms with Crippen LogP contribution in [0, 0.1) is 0 Å². The third-order valence-electron chi connectivity index (χ3n) is 7.61. The minimum atomic E-state index is -0.781. The van der Waals surface area contributed by atoms with Gasteiger partial charge in [-0.25, -0.2) is 0 Å². The molecule has 0 aromatic heterocycles. The summed E-state index contributed by atoms with van der Waals surface area (Å²) < 4.78 is 10.6. The summed E-state index contributed by atoms with van der Waals surface area (Å²) in [7, 11) is 0. The molecule has 0 aliphatic heterocycles. The van der Waals surface area contributed by atoms with Crippen molar-refractivity contribution in [3.05, 3.63) is 48.6 Å². The lowest BCUT2D eigenvalue weighted by Gasteiger charge is -2.15. The molecule has 0 rings (SSSR count). The lowest BCUT2D eigenvalue weighted by Crippen LogP contribution is -2.28. The molecular formula is C39H68O5. The lowest BCUT2D eigenvalue weighted by atomic mass is 10.1. The summed E-state index contributed by atoms with van der Waals surface area (Å²) in [5.74, 6) is -0.623. The average molecular weight is 617 g/mol. The molecule has 0 aromatic carbocycles. The van der Waals surface area contributed by atoms with Crippen molar-refractivity contribution in [1.82, 2.24) is 0 Å². The fourth-order valence-corrected chi connectivity index (χ4v) is 4.86. The van der Waals surface area contributed by atoms with Crippen LogP contribution < -0.4 is 0 Å². The number of ether oxygens (including phenoxy) is 2. The second kappa shape index (κ2) is 35.3. The summed E-state index contributed by atoms with van der Waals surface area (Å²) >= 11 is 0. The van der Waals surface area contributed by atoms with Gasteiger partial charge in [-0.15, -0.1) is 0 Å². The Balaban J connectivity index is 3.62. The smallest absolute Gasteiger partial charge is 0.306 e. The summed E-state index contributed by atoms with van der Waals surface area (Å²) in [4.78, 5) is 24.2. The highest BCUT2D eigenvalue weighted by Gasteiger charge is 2.16. The Hall–Kier alpha value is -2.14. The highest BCUT2D eigenvalue weighted by Crippen LogP contribution is 2.12. The van der Waals surface area contributed by atoms with Crippen LogP contribution in [0.2, 0.25) is 0 Å². The van der Waals surface area contributed by atoms with E-state index in [4.69, 9.17) is 9.47 Å². The number of allylic oxidation sites excluding steroid dienone is 8. The van der Waals surface area contributed by atoms with Crippen molar-refractivity contribution in [3.63, 3.8) is 0 Å². The molecule has 5 nitrogen and oxygen atoms in total. The van der Waals surface area contributed by atoms with E-state index in [1.54, 1.807) is 0 Å². The van der Waals surface area contributed by atoms with Gasteiger partial charge in [0.15, 0.2) is 6.10 Å². The molecule has 0 bridgehead atoms. The fourth-order valence-electron chi connectivity index (χ4n) is 4.86. The molecule has 0 heterocycles. The monoisotopic (exact) mass is 617 g/mol. The zero-order valence-electron chi connectivity index (χ0n) is 28.7. The molecule has 0 saturated heterocycles. The average Bonchev–Trinajstić information content (AvgIpc) is 3.02. The first-order chi connectivity index (χ1) is 21.6. The van der Waals surface area contributed by atoms with Gasteiger partial charge in [0.1, 0.15) is 6.61 Å². The molecule has 0 saturated carbocycles. The molecule has 44 heavy (non-hydrogen) atoms. The number of esters is 2. The van der Waals surface area contributed by atoms with Crippen molar-refractivity contribution in [2.75, 3.05) is 13.2 Å². The minimum absolute atomic E-state index is 0.0790. The molecule has 1 atom stereocenters. The van der Waals surface area contributed by atoms with Gasteiger partial charge in [-0.2, -0.15) is 0 Å². The van der Waals surface area contributed by atoms with Crippen molar-refractivity contribution in [2.45, 2.75) is 174 Å². The van der Waals surface area contributed by atoms with Gasteiger partial charge in [-0.05, 0) is 70.6 Å². The Labute approximate surface area is 271 Å². The maximum Gasteiger partial charge on any atom is 0.306 e. The molecule has 0 aliphatic carbocycles. The Kier molecular flexibility index (Phi) is 33.6. The van der Waals surface area contributed by atoms with Crippen LogP contribution in [0.4, 0.5) is 0 Å². The van der Waals surface area contributed by atoms with Crippen LogP contribution in [0.15, 0.2) is 48.6 Å². The first kappa shape index (κ1) is 41.9. The van der Waals surface area contributed by atoms with Gasteiger partial charge >= 0.3 is 11.9 Å². The highest BCUT2D eigenvalue weighted by atomic mass is 16.6. The molecule has 0 spiro atoms. The molecule has 0 fully saturated rings. The van der Waals surface area contributed by atoms with Crippen LogP contribution >= 0.6 is 0 Å². The van der Waals surface area contributed by atoms with E-state index in [9.17, 15) is 14.7 Å². The van der Waals surface area contributed by atoms with Gasteiger partial charge in [-0.3, -0.25) is 9.59 Å². The first-order valence-electron chi connectivity index (χ1n) is 18.2. The number of carbonyl (C=O) groups is 2. The number of hydrogen-bond donors (Lipinski definition) is 1. The van der Waals surface area contributed by atoms with Gasteiger partial charge in [0.05, 0.1) is 6.61 Å². The van der Waals surface area contributed by atoms with Crippen molar-refractivity contribution >= 4 is 11.9 Å². The summed E-state index contributed by atoms with van der Waals surface area (Å²) in [6, 6.07) is 0. The fraction of sp³-hybridized carbons (Fsp3) is 0.744. The maximum atomic E-state index is 12.1. The van der Waals surface area contributed by atoms with Crippen LogP contribution in [0.25, 0.3) is 0 Å². The van der Waals surface area contributed by atoms with Gasteiger partial charge in [0.25, 0.3) is 0 Å². The zero-order chi connectivity index (χ0) is 32.2. The van der Waals surface area contributed by atoms with E-state index < -0.39 is 6.10 Å². The van der Waals surface area contributed by atoms with Crippen LogP contribution in [0.5, 0.6) is 0 Å². The Bertz CT molecular complexity index is 752. The Morgan fingerprint density at radius 1 is 0.545 bits per heavy atom. The van der Waals surface area contributed by atoms with E-state index >= 15 is 0 Å². The van der Waals surface area contributed by atoms with Gasteiger partial charge in [0.2, 0.25) is 0 Å². The normalized spacial score (nSPS) is 12.7. The number of aliphatic hydroxyl groups is 1. The molecule has 1 N–H and O–H groups in total. The van der Waals surface area contributed by atoms with Crippen molar-refractivity contribution in [3.8, 4) is 0 Å². The van der Waals surface area contributed by atoms with Gasteiger partial charge in [-0.1, -0.05) is 133 Å². The zero-order valence-corrected chi connectivity index (χ0v) is 28.7. The Morgan fingerprint density at radius 3 is 1.50 bits per heavy atom. The lowest BCUT2D eigenvalue weighted by molar-refractivity contribution is -0.161. The predicted octanol–water partition coefficient (Wildman–Crippen LogP) is 11.1.